The first-order chi connectivity index (χ1) is 13.1. The van der Waals surface area contributed by atoms with Crippen molar-refractivity contribution in [3.63, 3.8) is 0 Å². The van der Waals surface area contributed by atoms with Gasteiger partial charge in [0.15, 0.2) is 0 Å². The van der Waals surface area contributed by atoms with E-state index in [1.54, 1.807) is 12.1 Å². The Bertz CT molecular complexity index is 924. The van der Waals surface area contributed by atoms with E-state index in [2.05, 4.69) is 29.2 Å². The van der Waals surface area contributed by atoms with Crippen LogP contribution in [0.15, 0.2) is 59.1 Å². The Hall–Kier alpha value is -2.66. The smallest absolute Gasteiger partial charge is 0.232 e. The van der Waals surface area contributed by atoms with Gasteiger partial charge < -0.3 is 9.42 Å². The summed E-state index contributed by atoms with van der Waals surface area (Å²) in [6.07, 6.45) is 0.407. The second kappa shape index (κ2) is 7.53. The van der Waals surface area contributed by atoms with Gasteiger partial charge in [-0.05, 0) is 35.7 Å². The summed E-state index contributed by atoms with van der Waals surface area (Å²) >= 11 is 5.92. The molecule has 2 aromatic carbocycles. The van der Waals surface area contributed by atoms with Crippen molar-refractivity contribution in [3.05, 3.63) is 71.1 Å². The van der Waals surface area contributed by atoms with Crippen LogP contribution in [-0.2, 0) is 4.79 Å². The molecule has 0 aliphatic carbocycles. The molecule has 2 atom stereocenters. The van der Waals surface area contributed by atoms with Crippen molar-refractivity contribution in [1.82, 2.24) is 15.0 Å². The van der Waals surface area contributed by atoms with Crippen LogP contribution in [0.1, 0.15) is 36.6 Å². The molecule has 1 fully saturated rings. The van der Waals surface area contributed by atoms with E-state index < -0.39 is 0 Å². The van der Waals surface area contributed by atoms with Crippen LogP contribution in [-0.4, -0.2) is 34.0 Å². The van der Waals surface area contributed by atoms with E-state index >= 15 is 0 Å². The second-order valence-corrected chi connectivity index (χ2v) is 7.41. The molecule has 6 heteroatoms. The fraction of sp³-hybridized carbons (Fsp3) is 0.286. The third-order valence-electron chi connectivity index (χ3n) is 4.97. The summed E-state index contributed by atoms with van der Waals surface area (Å²) in [4.78, 5) is 18.9. The van der Waals surface area contributed by atoms with Crippen LogP contribution in [0.4, 0.5) is 0 Å². The van der Waals surface area contributed by atoms with Crippen molar-refractivity contribution in [3.8, 4) is 11.4 Å². The lowest BCUT2D eigenvalue weighted by atomic mass is 10.0. The molecule has 0 bridgehead atoms. The number of halogens is 1. The maximum absolute atomic E-state index is 12.5. The van der Waals surface area contributed by atoms with Gasteiger partial charge in [-0.25, -0.2) is 0 Å². The summed E-state index contributed by atoms with van der Waals surface area (Å²) in [6, 6.07) is 17.5. The van der Waals surface area contributed by atoms with Crippen LogP contribution in [0.5, 0.6) is 0 Å². The Morgan fingerprint density at radius 2 is 1.93 bits per heavy atom. The fourth-order valence-electron chi connectivity index (χ4n) is 3.45. The summed E-state index contributed by atoms with van der Waals surface area (Å²) in [5, 5.41) is 4.72. The van der Waals surface area contributed by atoms with Gasteiger partial charge in [0, 0.05) is 30.1 Å². The predicted octanol–water partition coefficient (Wildman–Crippen LogP) is 4.51. The highest BCUT2D eigenvalue weighted by Crippen LogP contribution is 2.30. The Kier molecular flexibility index (Phi) is 4.94. The number of amides is 1. The molecule has 3 aromatic rings. The SMILES string of the molecule is CC(CN1CC(c2nc(-c3ccc(Cl)cc3)no2)CC1=O)c1ccccc1. The third-order valence-corrected chi connectivity index (χ3v) is 5.22. The van der Waals surface area contributed by atoms with E-state index in [1.807, 2.05) is 35.2 Å². The van der Waals surface area contributed by atoms with Crippen molar-refractivity contribution >= 4 is 17.5 Å². The topological polar surface area (TPSA) is 59.2 Å². The molecule has 0 saturated carbocycles. The standard InChI is InChI=1S/C21H20ClN3O2/c1-14(15-5-3-2-4-6-15)12-25-13-17(11-19(25)26)21-23-20(24-27-21)16-7-9-18(22)10-8-16/h2-10,14,17H,11-13H2,1H3. The van der Waals surface area contributed by atoms with Crippen molar-refractivity contribution in [2.45, 2.75) is 25.2 Å². The van der Waals surface area contributed by atoms with E-state index in [4.69, 9.17) is 16.1 Å². The average molecular weight is 382 g/mol. The lowest BCUT2D eigenvalue weighted by molar-refractivity contribution is -0.127. The maximum Gasteiger partial charge on any atom is 0.232 e. The molecule has 1 amide bonds. The van der Waals surface area contributed by atoms with Gasteiger partial charge in [0.1, 0.15) is 0 Å². The molecule has 27 heavy (non-hydrogen) atoms. The minimum absolute atomic E-state index is 0.0611. The number of aromatic nitrogens is 2. The highest BCUT2D eigenvalue weighted by Gasteiger charge is 2.35. The molecule has 4 rings (SSSR count). The first kappa shape index (κ1) is 17.7. The van der Waals surface area contributed by atoms with Gasteiger partial charge in [-0.3, -0.25) is 4.79 Å². The van der Waals surface area contributed by atoms with Crippen molar-refractivity contribution in [2.24, 2.45) is 0 Å². The van der Waals surface area contributed by atoms with Crippen LogP contribution >= 0.6 is 11.6 Å². The average Bonchev–Trinajstić information content (AvgIpc) is 3.30. The minimum Gasteiger partial charge on any atom is -0.341 e. The number of carbonyl (C=O) groups is 1. The highest BCUT2D eigenvalue weighted by atomic mass is 35.5. The monoisotopic (exact) mass is 381 g/mol. The third kappa shape index (κ3) is 3.88. The summed E-state index contributed by atoms with van der Waals surface area (Å²) < 4.78 is 5.45. The number of benzene rings is 2. The molecule has 1 saturated heterocycles. The molecule has 0 radical (unpaired) electrons. The zero-order valence-corrected chi connectivity index (χ0v) is 15.8. The lowest BCUT2D eigenvalue weighted by Crippen LogP contribution is -2.29. The maximum atomic E-state index is 12.5. The quantitative estimate of drug-likeness (QED) is 0.652. The summed E-state index contributed by atoms with van der Waals surface area (Å²) in [7, 11) is 0. The van der Waals surface area contributed by atoms with Crippen LogP contribution in [0.2, 0.25) is 5.02 Å². The van der Waals surface area contributed by atoms with Crippen molar-refractivity contribution < 1.29 is 9.32 Å². The lowest BCUT2D eigenvalue weighted by Gasteiger charge is -2.21. The Labute approximate surface area is 163 Å². The molecule has 1 aliphatic heterocycles. The van der Waals surface area contributed by atoms with Crippen LogP contribution in [0.25, 0.3) is 11.4 Å². The molecule has 5 nitrogen and oxygen atoms in total. The van der Waals surface area contributed by atoms with Crippen LogP contribution in [0, 0.1) is 0 Å². The second-order valence-electron chi connectivity index (χ2n) is 6.97. The van der Waals surface area contributed by atoms with Gasteiger partial charge in [-0.15, -0.1) is 0 Å². The number of hydrogen-bond acceptors (Lipinski definition) is 4. The normalized spacial score (nSPS) is 18.1. The highest BCUT2D eigenvalue weighted by molar-refractivity contribution is 6.30. The molecular formula is C21H20ClN3O2. The summed E-state index contributed by atoms with van der Waals surface area (Å²) in [5.74, 6) is 1.39. The number of rotatable bonds is 5. The number of likely N-dealkylation sites (tertiary alicyclic amines) is 1. The summed E-state index contributed by atoms with van der Waals surface area (Å²) in [6.45, 7) is 3.44. The van der Waals surface area contributed by atoms with E-state index in [0.717, 1.165) is 5.56 Å². The molecule has 1 aromatic heterocycles. The zero-order valence-electron chi connectivity index (χ0n) is 15.0. The molecule has 0 N–H and O–H groups in total. The first-order valence-electron chi connectivity index (χ1n) is 9.02. The van der Waals surface area contributed by atoms with Gasteiger partial charge in [0.25, 0.3) is 0 Å². The Morgan fingerprint density at radius 3 is 2.67 bits per heavy atom. The minimum atomic E-state index is -0.0611. The molecular weight excluding hydrogens is 362 g/mol. The van der Waals surface area contributed by atoms with Gasteiger partial charge in [0.2, 0.25) is 17.6 Å². The Morgan fingerprint density at radius 1 is 1.19 bits per heavy atom. The first-order valence-corrected chi connectivity index (χ1v) is 9.40. The van der Waals surface area contributed by atoms with E-state index in [1.165, 1.54) is 5.56 Å². The molecule has 2 heterocycles. The molecule has 2 unspecified atom stereocenters. The molecule has 1 aliphatic rings. The number of hydrogen-bond donors (Lipinski definition) is 0. The van der Waals surface area contributed by atoms with Gasteiger partial charge in [-0.2, -0.15) is 4.98 Å². The van der Waals surface area contributed by atoms with E-state index in [9.17, 15) is 4.79 Å². The molecule has 138 valence electrons. The van der Waals surface area contributed by atoms with Gasteiger partial charge >= 0.3 is 0 Å². The summed E-state index contributed by atoms with van der Waals surface area (Å²) in [5.41, 5.74) is 2.07. The predicted molar refractivity (Wildman–Crippen MR) is 104 cm³/mol. The van der Waals surface area contributed by atoms with Gasteiger partial charge in [0.05, 0.1) is 5.92 Å². The Balaban J connectivity index is 1.44. The number of nitrogens with zero attached hydrogens (tertiary/aromatic N) is 3. The number of carbonyl (C=O) groups excluding carboxylic acids is 1. The van der Waals surface area contributed by atoms with Crippen LogP contribution in [0.3, 0.4) is 0 Å². The fourth-order valence-corrected chi connectivity index (χ4v) is 3.57. The zero-order chi connectivity index (χ0) is 18.8. The van der Waals surface area contributed by atoms with E-state index in [-0.39, 0.29) is 17.7 Å². The van der Waals surface area contributed by atoms with Crippen LogP contribution < -0.4 is 0 Å². The molecule has 0 spiro atoms. The van der Waals surface area contributed by atoms with Crippen molar-refractivity contribution in [2.75, 3.05) is 13.1 Å². The van der Waals surface area contributed by atoms with Crippen molar-refractivity contribution in [1.29, 1.82) is 0 Å². The van der Waals surface area contributed by atoms with Gasteiger partial charge in [-0.1, -0.05) is 54.0 Å². The van der Waals surface area contributed by atoms with E-state index in [0.29, 0.717) is 36.2 Å². The largest absolute Gasteiger partial charge is 0.341 e.